The molecule has 240 valence electrons. The first-order chi connectivity index (χ1) is 22.1. The number of sulfonamides is 1. The van der Waals surface area contributed by atoms with Crippen molar-refractivity contribution in [1.82, 2.24) is 10.2 Å². The van der Waals surface area contributed by atoms with Gasteiger partial charge in [0.15, 0.2) is 0 Å². The molecule has 0 radical (unpaired) electrons. The van der Waals surface area contributed by atoms with E-state index in [1.807, 2.05) is 61.5 Å². The van der Waals surface area contributed by atoms with Crippen molar-refractivity contribution in [2.24, 2.45) is 0 Å². The van der Waals surface area contributed by atoms with E-state index in [0.717, 1.165) is 46.7 Å². The van der Waals surface area contributed by atoms with Crippen molar-refractivity contribution in [2.45, 2.75) is 69.5 Å². The van der Waals surface area contributed by atoms with Gasteiger partial charge in [-0.15, -0.1) is 0 Å². The zero-order chi connectivity index (χ0) is 32.7. The van der Waals surface area contributed by atoms with Crippen molar-refractivity contribution in [2.75, 3.05) is 10.8 Å². The van der Waals surface area contributed by atoms with Crippen molar-refractivity contribution in [1.29, 1.82) is 0 Å². The van der Waals surface area contributed by atoms with Gasteiger partial charge in [-0.1, -0.05) is 97.2 Å². The first-order valence-corrected chi connectivity index (χ1v) is 17.5. The summed E-state index contributed by atoms with van der Waals surface area (Å²) in [5.74, 6) is -0.725. The number of anilines is 1. The predicted molar refractivity (Wildman–Crippen MR) is 183 cm³/mol. The molecule has 0 bridgehead atoms. The second-order valence-corrected chi connectivity index (χ2v) is 14.2. The number of halogens is 1. The molecule has 1 aliphatic carbocycles. The van der Waals surface area contributed by atoms with Gasteiger partial charge < -0.3 is 10.2 Å². The summed E-state index contributed by atoms with van der Waals surface area (Å²) in [6, 6.07) is 29.5. The van der Waals surface area contributed by atoms with Crippen molar-refractivity contribution < 1.29 is 18.0 Å². The predicted octanol–water partition coefficient (Wildman–Crippen LogP) is 6.85. The lowest BCUT2D eigenvalue weighted by molar-refractivity contribution is -0.140. The fraction of sp³-hybridized carbons (Fsp3) is 0.297. The maximum atomic E-state index is 14.7. The van der Waals surface area contributed by atoms with Crippen LogP contribution in [-0.4, -0.2) is 43.8 Å². The number of benzene rings is 4. The number of carbonyl (C=O) groups excluding carboxylic acids is 2. The molecule has 1 fully saturated rings. The maximum Gasteiger partial charge on any atom is 0.264 e. The molecular weight excluding hydrogens is 618 g/mol. The fourth-order valence-electron chi connectivity index (χ4n) is 6.02. The smallest absolute Gasteiger partial charge is 0.264 e. The normalized spacial score (nSPS) is 14.1. The average Bonchev–Trinajstić information content (AvgIpc) is 3.56. The molecule has 1 atom stereocenters. The molecule has 4 aromatic rings. The van der Waals surface area contributed by atoms with Gasteiger partial charge in [0.25, 0.3) is 10.0 Å². The minimum Gasteiger partial charge on any atom is -0.352 e. The van der Waals surface area contributed by atoms with Crippen LogP contribution in [0, 0.1) is 13.8 Å². The zero-order valence-electron chi connectivity index (χ0n) is 26.2. The Morgan fingerprint density at radius 1 is 0.848 bits per heavy atom. The van der Waals surface area contributed by atoms with Gasteiger partial charge in [0.05, 0.1) is 10.6 Å². The van der Waals surface area contributed by atoms with E-state index in [-0.39, 0.29) is 29.8 Å². The zero-order valence-corrected chi connectivity index (χ0v) is 27.8. The van der Waals surface area contributed by atoms with E-state index in [9.17, 15) is 18.0 Å². The number of carbonyl (C=O) groups is 2. The topological polar surface area (TPSA) is 86.8 Å². The van der Waals surface area contributed by atoms with Gasteiger partial charge in [0, 0.05) is 24.0 Å². The summed E-state index contributed by atoms with van der Waals surface area (Å²) < 4.78 is 29.6. The molecule has 46 heavy (non-hydrogen) atoms. The van der Waals surface area contributed by atoms with Gasteiger partial charge in [-0.3, -0.25) is 13.9 Å². The van der Waals surface area contributed by atoms with Crippen molar-refractivity contribution >= 4 is 39.1 Å². The Bertz CT molecular complexity index is 1760. The highest BCUT2D eigenvalue weighted by Crippen LogP contribution is 2.30. The summed E-state index contributed by atoms with van der Waals surface area (Å²) in [5.41, 5.74) is 3.69. The molecule has 0 spiro atoms. The van der Waals surface area contributed by atoms with Crippen molar-refractivity contribution in [3.05, 3.63) is 130 Å². The molecule has 5 rings (SSSR count). The lowest BCUT2D eigenvalue weighted by Crippen LogP contribution is -2.54. The first-order valence-electron chi connectivity index (χ1n) is 15.7. The van der Waals surface area contributed by atoms with Crippen LogP contribution in [0.25, 0.3) is 0 Å². The Morgan fingerprint density at radius 3 is 2.13 bits per heavy atom. The molecular formula is C37H40ClN3O4S. The fourth-order valence-corrected chi connectivity index (χ4v) is 7.75. The van der Waals surface area contributed by atoms with Gasteiger partial charge in [0.2, 0.25) is 11.8 Å². The van der Waals surface area contributed by atoms with E-state index >= 15 is 0 Å². The molecule has 4 aromatic carbocycles. The van der Waals surface area contributed by atoms with E-state index in [1.54, 1.807) is 48.2 Å². The van der Waals surface area contributed by atoms with Crippen LogP contribution in [-0.2, 0) is 32.6 Å². The van der Waals surface area contributed by atoms with Crippen LogP contribution in [0.3, 0.4) is 0 Å². The third-order valence-electron chi connectivity index (χ3n) is 8.61. The van der Waals surface area contributed by atoms with Crippen LogP contribution >= 0.6 is 11.6 Å². The van der Waals surface area contributed by atoms with Gasteiger partial charge in [-0.25, -0.2) is 8.42 Å². The number of nitrogens with zero attached hydrogens (tertiary/aromatic N) is 2. The van der Waals surface area contributed by atoms with Crippen LogP contribution in [0.1, 0.15) is 47.9 Å². The molecule has 0 aliphatic heterocycles. The summed E-state index contributed by atoms with van der Waals surface area (Å²) in [6.07, 6.45) is 4.17. The molecule has 0 aromatic heterocycles. The van der Waals surface area contributed by atoms with Gasteiger partial charge in [-0.2, -0.15) is 0 Å². The third-order valence-corrected chi connectivity index (χ3v) is 10.6. The minimum absolute atomic E-state index is 0.0489. The quantitative estimate of drug-likeness (QED) is 0.181. The molecule has 1 unspecified atom stereocenters. The SMILES string of the molecule is Cc1ccccc1CN(C(=O)CN(c1ccc(Cl)cc1C)S(=O)(=O)c1ccccc1)C(Cc1ccccc1)C(=O)NC1CCCC1. The molecule has 1 saturated carbocycles. The Kier molecular flexibility index (Phi) is 10.8. The molecule has 7 nitrogen and oxygen atoms in total. The van der Waals surface area contributed by atoms with Crippen molar-refractivity contribution in [3.63, 3.8) is 0 Å². The lowest BCUT2D eigenvalue weighted by atomic mass is 10.0. The number of aryl methyl sites for hydroxylation is 2. The van der Waals surface area contributed by atoms with E-state index in [0.29, 0.717) is 16.3 Å². The maximum absolute atomic E-state index is 14.7. The van der Waals surface area contributed by atoms with Crippen LogP contribution in [0.4, 0.5) is 5.69 Å². The standard InChI is InChI=1S/C37H40ClN3O4S/c1-27-13-9-10-16-30(27)25-40(35(24-29-14-5-3-6-15-29)37(43)39-32-17-11-12-18-32)36(42)26-41(34-22-21-31(38)23-28(34)2)46(44,45)33-19-7-4-8-20-33/h3-10,13-16,19-23,32,35H,11-12,17-18,24-26H2,1-2H3,(H,39,43). The highest BCUT2D eigenvalue weighted by Gasteiger charge is 2.36. The van der Waals surface area contributed by atoms with Crippen LogP contribution in [0.5, 0.6) is 0 Å². The van der Waals surface area contributed by atoms with Crippen LogP contribution in [0.2, 0.25) is 5.02 Å². The Balaban J connectivity index is 1.59. The van der Waals surface area contributed by atoms with Gasteiger partial charge in [-0.05, 0) is 79.3 Å². The van der Waals surface area contributed by atoms with E-state index in [1.165, 1.54) is 12.1 Å². The molecule has 0 heterocycles. The molecule has 1 N–H and O–H groups in total. The summed E-state index contributed by atoms with van der Waals surface area (Å²) in [6.45, 7) is 3.36. The Morgan fingerprint density at radius 2 is 1.48 bits per heavy atom. The second-order valence-electron chi connectivity index (χ2n) is 11.9. The van der Waals surface area contributed by atoms with Crippen LogP contribution in [0.15, 0.2) is 108 Å². The average molecular weight is 658 g/mol. The molecule has 9 heteroatoms. The van der Waals surface area contributed by atoms with Crippen molar-refractivity contribution in [3.8, 4) is 0 Å². The minimum atomic E-state index is -4.18. The summed E-state index contributed by atoms with van der Waals surface area (Å²) in [4.78, 5) is 30.4. The summed E-state index contributed by atoms with van der Waals surface area (Å²) in [5, 5.41) is 3.67. The Hall–Kier alpha value is -4.14. The van der Waals surface area contributed by atoms with E-state index in [2.05, 4.69) is 5.32 Å². The monoisotopic (exact) mass is 657 g/mol. The first kappa shape index (κ1) is 33.2. The summed E-state index contributed by atoms with van der Waals surface area (Å²) >= 11 is 6.25. The second kappa shape index (κ2) is 15.0. The highest BCUT2D eigenvalue weighted by molar-refractivity contribution is 7.92. The third kappa shape index (κ3) is 7.98. The van der Waals surface area contributed by atoms with Gasteiger partial charge in [0.1, 0.15) is 12.6 Å². The number of nitrogens with one attached hydrogen (secondary N) is 1. The number of amides is 2. The van der Waals surface area contributed by atoms with E-state index in [4.69, 9.17) is 11.6 Å². The van der Waals surface area contributed by atoms with Gasteiger partial charge >= 0.3 is 0 Å². The molecule has 1 aliphatic rings. The summed E-state index contributed by atoms with van der Waals surface area (Å²) in [7, 11) is -4.18. The number of hydrogen-bond acceptors (Lipinski definition) is 4. The Labute approximate surface area is 277 Å². The number of rotatable bonds is 12. The number of hydrogen-bond donors (Lipinski definition) is 1. The highest BCUT2D eigenvalue weighted by atomic mass is 35.5. The molecule has 2 amide bonds. The lowest BCUT2D eigenvalue weighted by Gasteiger charge is -2.35. The van der Waals surface area contributed by atoms with E-state index < -0.39 is 28.5 Å². The largest absolute Gasteiger partial charge is 0.352 e. The van der Waals surface area contributed by atoms with Crippen LogP contribution < -0.4 is 9.62 Å². The molecule has 0 saturated heterocycles.